The predicted octanol–water partition coefficient (Wildman–Crippen LogP) is 1.71. The predicted molar refractivity (Wildman–Crippen MR) is 72.7 cm³/mol. The standard InChI is InChI=1S/C14H29NO3/c1-10-6-13(7-11(2)18-10)17-9-12(16)8-15-14(3,4)5/h10-13,15-16H,6-9H2,1-5H3. The third kappa shape index (κ3) is 6.69. The largest absolute Gasteiger partial charge is 0.389 e. The highest BCUT2D eigenvalue weighted by molar-refractivity contribution is 4.76. The van der Waals surface area contributed by atoms with Crippen molar-refractivity contribution in [3.8, 4) is 0 Å². The van der Waals surface area contributed by atoms with Gasteiger partial charge in [-0.2, -0.15) is 0 Å². The van der Waals surface area contributed by atoms with Crippen LogP contribution < -0.4 is 5.32 Å². The highest BCUT2D eigenvalue weighted by atomic mass is 16.5. The molecule has 1 fully saturated rings. The van der Waals surface area contributed by atoms with Gasteiger partial charge in [0.1, 0.15) is 0 Å². The van der Waals surface area contributed by atoms with Gasteiger partial charge in [0.15, 0.2) is 0 Å². The van der Waals surface area contributed by atoms with Crippen molar-refractivity contribution in [1.29, 1.82) is 0 Å². The summed E-state index contributed by atoms with van der Waals surface area (Å²) in [5.74, 6) is 0. The summed E-state index contributed by atoms with van der Waals surface area (Å²) in [7, 11) is 0. The van der Waals surface area contributed by atoms with Gasteiger partial charge in [-0.3, -0.25) is 0 Å². The number of hydrogen-bond donors (Lipinski definition) is 2. The molecule has 1 saturated heterocycles. The van der Waals surface area contributed by atoms with Crippen molar-refractivity contribution in [2.24, 2.45) is 0 Å². The second kappa shape index (κ2) is 6.85. The Morgan fingerprint density at radius 3 is 2.33 bits per heavy atom. The Balaban J connectivity index is 2.19. The molecule has 0 saturated carbocycles. The minimum absolute atomic E-state index is 0.0304. The summed E-state index contributed by atoms with van der Waals surface area (Å²) in [6.45, 7) is 11.4. The van der Waals surface area contributed by atoms with E-state index in [0.717, 1.165) is 12.8 Å². The quantitative estimate of drug-likeness (QED) is 0.789. The summed E-state index contributed by atoms with van der Waals surface area (Å²) in [5.41, 5.74) is 0.0304. The van der Waals surface area contributed by atoms with Gasteiger partial charge in [0.25, 0.3) is 0 Å². The third-order valence-electron chi connectivity index (χ3n) is 3.05. The van der Waals surface area contributed by atoms with Crippen molar-refractivity contribution >= 4 is 0 Å². The van der Waals surface area contributed by atoms with Gasteiger partial charge in [0.05, 0.1) is 31.0 Å². The molecule has 1 rings (SSSR count). The second-order valence-corrected chi connectivity index (χ2v) is 6.47. The average molecular weight is 259 g/mol. The normalized spacial score (nSPS) is 31.3. The van der Waals surface area contributed by atoms with Gasteiger partial charge in [-0.25, -0.2) is 0 Å². The Hall–Kier alpha value is -0.160. The van der Waals surface area contributed by atoms with Crippen LogP contribution in [0.25, 0.3) is 0 Å². The number of hydrogen-bond acceptors (Lipinski definition) is 4. The van der Waals surface area contributed by atoms with Crippen LogP contribution in [0, 0.1) is 0 Å². The Morgan fingerprint density at radius 2 is 1.83 bits per heavy atom. The molecular weight excluding hydrogens is 230 g/mol. The fourth-order valence-corrected chi connectivity index (χ4v) is 2.21. The summed E-state index contributed by atoms with van der Waals surface area (Å²) in [5, 5.41) is 13.1. The van der Waals surface area contributed by atoms with E-state index >= 15 is 0 Å². The summed E-state index contributed by atoms with van der Waals surface area (Å²) in [4.78, 5) is 0. The van der Waals surface area contributed by atoms with Crippen molar-refractivity contribution in [3.05, 3.63) is 0 Å². The van der Waals surface area contributed by atoms with Gasteiger partial charge in [0.2, 0.25) is 0 Å². The SMILES string of the molecule is CC1CC(OCC(O)CNC(C)(C)C)CC(C)O1. The Labute approximate surface area is 111 Å². The van der Waals surface area contributed by atoms with Crippen LogP contribution in [0.4, 0.5) is 0 Å². The molecule has 1 aliphatic heterocycles. The number of aliphatic hydroxyl groups is 1. The number of ether oxygens (including phenoxy) is 2. The van der Waals surface area contributed by atoms with E-state index in [-0.39, 0.29) is 23.9 Å². The third-order valence-corrected chi connectivity index (χ3v) is 3.05. The zero-order valence-corrected chi connectivity index (χ0v) is 12.4. The molecule has 0 aliphatic carbocycles. The van der Waals surface area contributed by atoms with Crippen LogP contribution >= 0.6 is 0 Å². The fraction of sp³-hybridized carbons (Fsp3) is 1.00. The molecule has 108 valence electrons. The molecule has 4 nitrogen and oxygen atoms in total. The first-order valence-electron chi connectivity index (χ1n) is 6.96. The molecule has 0 amide bonds. The molecule has 0 radical (unpaired) electrons. The van der Waals surface area contributed by atoms with Gasteiger partial charge in [0, 0.05) is 12.1 Å². The molecule has 2 N–H and O–H groups in total. The summed E-state index contributed by atoms with van der Waals surface area (Å²) in [6, 6.07) is 0. The number of rotatable bonds is 5. The van der Waals surface area contributed by atoms with Crippen LogP contribution in [0.2, 0.25) is 0 Å². The molecule has 3 unspecified atom stereocenters. The van der Waals surface area contributed by atoms with Gasteiger partial charge in [-0.1, -0.05) is 0 Å². The monoisotopic (exact) mass is 259 g/mol. The fourth-order valence-electron chi connectivity index (χ4n) is 2.21. The average Bonchev–Trinajstić information content (AvgIpc) is 2.21. The molecule has 0 spiro atoms. The van der Waals surface area contributed by atoms with Crippen LogP contribution in [0.5, 0.6) is 0 Å². The Morgan fingerprint density at radius 1 is 1.28 bits per heavy atom. The van der Waals surface area contributed by atoms with Gasteiger partial charge in [-0.15, -0.1) is 0 Å². The van der Waals surface area contributed by atoms with E-state index in [1.807, 2.05) is 0 Å². The van der Waals surface area contributed by atoms with E-state index in [2.05, 4.69) is 39.9 Å². The lowest BCUT2D eigenvalue weighted by Crippen LogP contribution is -2.43. The Bertz CT molecular complexity index is 230. The summed E-state index contributed by atoms with van der Waals surface area (Å²) < 4.78 is 11.4. The van der Waals surface area contributed by atoms with Crippen LogP contribution in [0.1, 0.15) is 47.5 Å². The smallest absolute Gasteiger partial charge is 0.0898 e. The number of β-amino-alcohol motifs (C(OH)–C–C–N with tert-alkyl or cyclic N) is 1. The molecule has 0 aromatic rings. The lowest BCUT2D eigenvalue weighted by atomic mass is 10.0. The zero-order chi connectivity index (χ0) is 13.8. The summed E-state index contributed by atoms with van der Waals surface area (Å²) in [6.07, 6.45) is 2.12. The van der Waals surface area contributed by atoms with Crippen molar-refractivity contribution in [2.45, 2.75) is 77.4 Å². The van der Waals surface area contributed by atoms with E-state index in [1.54, 1.807) is 0 Å². The first-order chi connectivity index (χ1) is 8.26. The highest BCUT2D eigenvalue weighted by Gasteiger charge is 2.25. The van der Waals surface area contributed by atoms with E-state index in [4.69, 9.17) is 9.47 Å². The maximum Gasteiger partial charge on any atom is 0.0898 e. The van der Waals surface area contributed by atoms with E-state index in [0.29, 0.717) is 13.2 Å². The van der Waals surface area contributed by atoms with Crippen molar-refractivity contribution in [2.75, 3.05) is 13.2 Å². The molecule has 0 aromatic heterocycles. The second-order valence-electron chi connectivity index (χ2n) is 6.47. The molecule has 1 heterocycles. The maximum atomic E-state index is 9.86. The molecule has 3 atom stereocenters. The first-order valence-corrected chi connectivity index (χ1v) is 6.96. The maximum absolute atomic E-state index is 9.86. The lowest BCUT2D eigenvalue weighted by molar-refractivity contribution is -0.113. The van der Waals surface area contributed by atoms with E-state index in [1.165, 1.54) is 0 Å². The van der Waals surface area contributed by atoms with E-state index in [9.17, 15) is 5.11 Å². The number of nitrogens with one attached hydrogen (secondary N) is 1. The molecular formula is C14H29NO3. The lowest BCUT2D eigenvalue weighted by Gasteiger charge is -2.32. The van der Waals surface area contributed by atoms with Crippen molar-refractivity contribution in [3.63, 3.8) is 0 Å². The molecule has 1 aliphatic rings. The summed E-state index contributed by atoms with van der Waals surface area (Å²) >= 11 is 0. The van der Waals surface area contributed by atoms with Crippen LogP contribution in [-0.4, -0.2) is 48.2 Å². The first kappa shape index (κ1) is 15.9. The topological polar surface area (TPSA) is 50.7 Å². The molecule has 0 bridgehead atoms. The molecule has 4 heteroatoms. The minimum atomic E-state index is -0.447. The minimum Gasteiger partial charge on any atom is -0.389 e. The van der Waals surface area contributed by atoms with Gasteiger partial charge >= 0.3 is 0 Å². The van der Waals surface area contributed by atoms with Gasteiger partial charge in [-0.05, 0) is 47.5 Å². The molecule has 0 aromatic carbocycles. The number of aliphatic hydroxyl groups excluding tert-OH is 1. The van der Waals surface area contributed by atoms with Crippen molar-refractivity contribution in [1.82, 2.24) is 5.32 Å². The van der Waals surface area contributed by atoms with Crippen LogP contribution in [0.3, 0.4) is 0 Å². The van der Waals surface area contributed by atoms with E-state index < -0.39 is 6.10 Å². The van der Waals surface area contributed by atoms with Crippen LogP contribution in [0.15, 0.2) is 0 Å². The van der Waals surface area contributed by atoms with Crippen molar-refractivity contribution < 1.29 is 14.6 Å². The Kier molecular flexibility index (Phi) is 6.05. The van der Waals surface area contributed by atoms with Crippen LogP contribution in [-0.2, 0) is 9.47 Å². The zero-order valence-electron chi connectivity index (χ0n) is 12.4. The highest BCUT2D eigenvalue weighted by Crippen LogP contribution is 2.21. The van der Waals surface area contributed by atoms with Gasteiger partial charge < -0.3 is 19.9 Å². The molecule has 18 heavy (non-hydrogen) atoms.